The number of unbranched alkanes of at least 4 members (excludes halogenated alkanes) is 1. The highest BCUT2D eigenvalue weighted by atomic mass is 16.3. The third-order valence-corrected chi connectivity index (χ3v) is 13.1. The Morgan fingerprint density at radius 1 is 0.488 bits per heavy atom. The first-order chi connectivity index (χ1) is 40.7. The van der Waals surface area contributed by atoms with E-state index in [9.17, 15) is 20.4 Å². The third kappa shape index (κ3) is 19.4. The van der Waals surface area contributed by atoms with Crippen LogP contribution < -0.4 is 32.3 Å². The molecular weight excluding hydrogens is 1070 g/mol. The van der Waals surface area contributed by atoms with Gasteiger partial charge in [-0.15, -0.1) is 0 Å². The fourth-order valence-electron chi connectivity index (χ4n) is 8.45. The van der Waals surface area contributed by atoms with Gasteiger partial charge in [-0.3, -0.25) is 0 Å². The first-order valence-corrected chi connectivity index (χ1v) is 28.1. The zero-order valence-electron chi connectivity index (χ0n) is 48.9. The third-order valence-electron chi connectivity index (χ3n) is 13.1. The molecule has 0 aliphatic carbocycles. The smallest absolute Gasteiger partial charge is 0.163 e. The van der Waals surface area contributed by atoms with Crippen LogP contribution in [0, 0.1) is 0 Å². The predicted octanol–water partition coefficient (Wildman–Crippen LogP) is 6.82. The molecule has 0 saturated carbocycles. The van der Waals surface area contributed by atoms with Crippen molar-refractivity contribution in [3.63, 3.8) is 0 Å². The van der Waals surface area contributed by atoms with E-state index in [0.717, 1.165) is 70.4 Å². The average Bonchev–Trinajstić information content (AvgIpc) is 2.99. The summed E-state index contributed by atoms with van der Waals surface area (Å²) in [5.74, 6) is 4.92. The lowest BCUT2D eigenvalue weighted by molar-refractivity contribution is -0.0980. The van der Waals surface area contributed by atoms with E-state index in [-0.39, 0.29) is 45.0 Å². The summed E-state index contributed by atoms with van der Waals surface area (Å²) in [6.45, 7) is 16.1. The van der Waals surface area contributed by atoms with Gasteiger partial charge >= 0.3 is 0 Å². The van der Waals surface area contributed by atoms with Gasteiger partial charge in [0.15, 0.2) is 16.9 Å². The van der Waals surface area contributed by atoms with Gasteiger partial charge in [0.2, 0.25) is 0 Å². The molecule has 14 N–H and O–H groups in total. The van der Waals surface area contributed by atoms with Crippen LogP contribution in [0.1, 0.15) is 112 Å². The van der Waals surface area contributed by atoms with Gasteiger partial charge in [-0.2, -0.15) is 28.8 Å². The van der Waals surface area contributed by atoms with E-state index < -0.39 is 18.8 Å². The van der Waals surface area contributed by atoms with Crippen molar-refractivity contribution in [2.45, 2.75) is 116 Å². The maximum absolute atomic E-state index is 9.88. The number of aliphatic hydroxyl groups is 7. The first kappa shape index (κ1) is 66.5. The number of nitrogens with zero attached hydrogens (tertiary/aromatic N) is 9. The molecule has 0 amide bonds. The number of fused-ring (bicyclic) bond motifs is 3. The standard InChI is InChI=1S/C20H27N5O3.C20H27N5O2.C16H19N5.C4H10O2.CH2O/c1-13(2)15-10-22-25-19(21-9-14-6-4-3-5-7-14)8-18(24-20(15)25)23-16(11-26)17(28)12-27;1-14(2)17-12-22-25-19(21-11-15-6-4-3-5-7-15)10-18(24-20(17)25)23-16(13-27)8-9-26;1-11(2)13-10-19-21-15(8-14(17)20-16(13)21)18-9-12-6-4-3-5-7-12;5-3-1-2-4-6;1-2/h3-8,10,13,16-17,21,26-28H,9,11-12H2,1-2H3,(H,23,24);3-7,10,12,14,16,21,26-27H,8-9,11,13H2,1-2H3,(H,23,24);3-8,10-11,18H,9H2,1-2H3,(H2,17,20);5-6H,1-4H2;1H2/t16-,17+;16-;;;/m10.../s1. The van der Waals surface area contributed by atoms with Crippen molar-refractivity contribution in [2.24, 2.45) is 0 Å². The molecule has 0 aliphatic heterocycles. The second-order valence-electron chi connectivity index (χ2n) is 20.5. The predicted molar refractivity (Wildman–Crippen MR) is 331 cm³/mol. The Morgan fingerprint density at radius 2 is 0.857 bits per heavy atom. The van der Waals surface area contributed by atoms with E-state index in [2.05, 4.69) is 118 Å². The molecule has 452 valence electrons. The van der Waals surface area contributed by atoms with Crippen LogP contribution in [0.4, 0.5) is 34.9 Å². The second-order valence-corrected chi connectivity index (χ2v) is 20.5. The SMILES string of the molecule is C=O.CC(C)c1cnn2c(NCc3ccccc3)cc(N)nc12.CC(C)c1cnn2c(NCc3ccccc3)cc(N[C@H](CO)CCO)nc12.CC(C)c1cnn2c(NCc3ccccc3)cc(N[C@H](CO)[C@@H](O)CO)nc12.OCCCCO. The lowest BCUT2D eigenvalue weighted by atomic mass is 10.1. The van der Waals surface area contributed by atoms with Gasteiger partial charge in [0.25, 0.3) is 0 Å². The summed E-state index contributed by atoms with van der Waals surface area (Å²) in [6.07, 6.45) is 6.30. The molecule has 84 heavy (non-hydrogen) atoms. The summed E-state index contributed by atoms with van der Waals surface area (Å²) in [6, 6.07) is 34.9. The molecule has 6 aromatic heterocycles. The van der Waals surface area contributed by atoms with Crippen molar-refractivity contribution in [3.05, 3.63) is 161 Å². The molecular formula is C61H85N15O8. The highest BCUT2D eigenvalue weighted by Crippen LogP contribution is 2.28. The van der Waals surface area contributed by atoms with Crippen LogP contribution in [0.3, 0.4) is 0 Å². The molecule has 0 fully saturated rings. The van der Waals surface area contributed by atoms with Gasteiger partial charge in [-0.25, -0.2) is 15.0 Å². The molecule has 23 nitrogen and oxygen atoms in total. The Hall–Kier alpha value is -8.29. The second kappa shape index (κ2) is 35.0. The lowest BCUT2D eigenvalue weighted by Crippen LogP contribution is -2.39. The van der Waals surface area contributed by atoms with Crippen molar-refractivity contribution < 1.29 is 40.5 Å². The zero-order valence-corrected chi connectivity index (χ0v) is 48.9. The van der Waals surface area contributed by atoms with Crippen LogP contribution in [-0.2, 0) is 24.4 Å². The number of nitrogens with two attached hydrogens (primary N) is 1. The Labute approximate surface area is 490 Å². The fourth-order valence-corrected chi connectivity index (χ4v) is 8.45. The maximum Gasteiger partial charge on any atom is 0.163 e. The number of aliphatic hydroxyl groups excluding tert-OH is 7. The quantitative estimate of drug-likeness (QED) is 0.0261. The molecule has 0 spiro atoms. The fraction of sp³-hybridized carbons (Fsp3) is 0.393. The molecule has 9 rings (SSSR count). The molecule has 3 atom stereocenters. The first-order valence-electron chi connectivity index (χ1n) is 28.1. The number of benzene rings is 3. The topological polar surface area (TPSA) is 335 Å². The molecule has 3 aromatic carbocycles. The highest BCUT2D eigenvalue weighted by Gasteiger charge is 2.21. The minimum Gasteiger partial charge on any atom is -0.396 e. The van der Waals surface area contributed by atoms with E-state index >= 15 is 0 Å². The highest BCUT2D eigenvalue weighted by molar-refractivity contribution is 5.63. The van der Waals surface area contributed by atoms with Crippen LogP contribution >= 0.6 is 0 Å². The number of rotatable bonds is 25. The van der Waals surface area contributed by atoms with E-state index in [1.807, 2.05) is 107 Å². The zero-order chi connectivity index (χ0) is 61.0. The van der Waals surface area contributed by atoms with Crippen LogP contribution in [-0.4, -0.2) is 144 Å². The number of aromatic nitrogens is 9. The minimum absolute atomic E-state index is 0.00348. The van der Waals surface area contributed by atoms with Gasteiger partial charge in [-0.1, -0.05) is 133 Å². The number of anilines is 6. The Bertz CT molecular complexity index is 3290. The Kier molecular flexibility index (Phi) is 27.7. The summed E-state index contributed by atoms with van der Waals surface area (Å²) in [5.41, 5.74) is 14.9. The molecule has 0 aliphatic rings. The lowest BCUT2D eigenvalue weighted by Gasteiger charge is -2.22. The van der Waals surface area contributed by atoms with Crippen LogP contribution in [0.15, 0.2) is 128 Å². The summed E-state index contributed by atoms with van der Waals surface area (Å²) >= 11 is 0. The van der Waals surface area contributed by atoms with Crippen molar-refractivity contribution in [1.82, 2.24) is 43.8 Å². The minimum atomic E-state index is -1.10. The van der Waals surface area contributed by atoms with Crippen LogP contribution in [0.2, 0.25) is 0 Å². The average molecular weight is 1160 g/mol. The summed E-state index contributed by atoms with van der Waals surface area (Å²) < 4.78 is 5.37. The van der Waals surface area contributed by atoms with E-state index in [1.54, 1.807) is 16.8 Å². The van der Waals surface area contributed by atoms with Crippen LogP contribution in [0.25, 0.3) is 16.9 Å². The van der Waals surface area contributed by atoms with E-state index in [4.69, 9.17) is 30.8 Å². The van der Waals surface area contributed by atoms with Crippen LogP contribution in [0.5, 0.6) is 0 Å². The normalized spacial score (nSPS) is 12.0. The van der Waals surface area contributed by atoms with Crippen molar-refractivity contribution in [1.29, 1.82) is 0 Å². The van der Waals surface area contributed by atoms with E-state index in [0.29, 0.717) is 54.4 Å². The maximum atomic E-state index is 9.88. The number of hydrogen-bond acceptors (Lipinski definition) is 20. The summed E-state index contributed by atoms with van der Waals surface area (Å²) in [4.78, 5) is 21.7. The van der Waals surface area contributed by atoms with Gasteiger partial charge < -0.3 is 72.9 Å². The number of carbonyl (C=O) groups excluding carboxylic acids is 1. The Balaban J connectivity index is 0.000000218. The number of nitrogen functional groups attached to an aromatic ring is 1. The van der Waals surface area contributed by atoms with Gasteiger partial charge in [0.05, 0.1) is 56.6 Å². The molecule has 0 radical (unpaired) electrons. The summed E-state index contributed by atoms with van der Waals surface area (Å²) in [5, 5.41) is 93.3. The molecule has 9 aromatic rings. The molecule has 0 unspecified atom stereocenters. The number of hydrogen-bond donors (Lipinski definition) is 13. The van der Waals surface area contributed by atoms with Crippen molar-refractivity contribution in [2.75, 3.05) is 72.0 Å². The van der Waals surface area contributed by atoms with Gasteiger partial charge in [0, 0.05) is 74.3 Å². The number of nitrogens with one attached hydrogen (secondary N) is 5. The largest absolute Gasteiger partial charge is 0.396 e. The summed E-state index contributed by atoms with van der Waals surface area (Å²) in [7, 11) is 0. The molecule has 23 heteroatoms. The van der Waals surface area contributed by atoms with Crippen molar-refractivity contribution in [3.8, 4) is 0 Å². The van der Waals surface area contributed by atoms with Crippen molar-refractivity contribution >= 4 is 58.6 Å². The Morgan fingerprint density at radius 3 is 1.19 bits per heavy atom. The monoisotopic (exact) mass is 1160 g/mol. The number of carbonyl (C=O) groups is 1. The van der Waals surface area contributed by atoms with E-state index in [1.165, 1.54) is 11.1 Å². The van der Waals surface area contributed by atoms with Gasteiger partial charge in [-0.05, 0) is 53.7 Å². The van der Waals surface area contributed by atoms with Gasteiger partial charge in [0.1, 0.15) is 41.7 Å². The molecule has 0 saturated heterocycles. The molecule has 0 bridgehead atoms. The molecule has 6 heterocycles.